The van der Waals surface area contributed by atoms with Crippen molar-refractivity contribution in [3.8, 4) is 11.3 Å². The highest BCUT2D eigenvalue weighted by atomic mass is 16.4. The molecule has 0 atom stereocenters. The number of rotatable bonds is 7. The summed E-state index contributed by atoms with van der Waals surface area (Å²) in [5, 5.41) is 18.6. The second kappa shape index (κ2) is 10.8. The molecule has 0 spiro atoms. The Hall–Kier alpha value is -4.90. The van der Waals surface area contributed by atoms with Crippen molar-refractivity contribution in [1.29, 1.82) is 0 Å². The van der Waals surface area contributed by atoms with E-state index in [2.05, 4.69) is 35.8 Å². The van der Waals surface area contributed by atoms with Crippen LogP contribution in [0.1, 0.15) is 20.7 Å². The lowest BCUT2D eigenvalue weighted by Crippen LogP contribution is -2.43. The number of amides is 1. The largest absolute Gasteiger partial charge is 0.478 e. The monoisotopic (exact) mass is 496 g/mol. The Labute approximate surface area is 212 Å². The van der Waals surface area contributed by atoms with Gasteiger partial charge in [-0.15, -0.1) is 0 Å². The summed E-state index contributed by atoms with van der Waals surface area (Å²) in [6.45, 7) is 3.42. The molecule has 186 valence electrons. The third-order valence-electron chi connectivity index (χ3n) is 5.79. The minimum atomic E-state index is -1.10. The predicted octanol–water partition coefficient (Wildman–Crippen LogP) is 3.04. The molecule has 0 bridgehead atoms. The fourth-order valence-electron chi connectivity index (χ4n) is 3.97. The van der Waals surface area contributed by atoms with E-state index in [1.54, 1.807) is 43.0 Å². The van der Waals surface area contributed by atoms with Crippen LogP contribution in [0.5, 0.6) is 0 Å². The van der Waals surface area contributed by atoms with Crippen LogP contribution in [0.3, 0.4) is 0 Å². The maximum atomic E-state index is 13.1. The molecule has 0 radical (unpaired) electrons. The number of hydrogen-bond acceptors (Lipinski definition) is 9. The Kier molecular flexibility index (Phi) is 6.95. The van der Waals surface area contributed by atoms with E-state index in [0.29, 0.717) is 23.0 Å². The molecular weight excluding hydrogens is 472 g/mol. The van der Waals surface area contributed by atoms with Gasteiger partial charge in [0.05, 0.1) is 23.1 Å². The van der Waals surface area contributed by atoms with Gasteiger partial charge in [0.2, 0.25) is 0 Å². The molecule has 1 amide bonds. The number of carbonyl (C=O) groups excluding carboxylic acids is 1. The van der Waals surface area contributed by atoms with Crippen molar-refractivity contribution in [3.05, 3.63) is 84.4 Å². The molecule has 1 fully saturated rings. The summed E-state index contributed by atoms with van der Waals surface area (Å²) in [7, 11) is 0. The minimum Gasteiger partial charge on any atom is -0.478 e. The van der Waals surface area contributed by atoms with Gasteiger partial charge in [-0.25, -0.2) is 19.7 Å². The van der Waals surface area contributed by atoms with Crippen LogP contribution in [0.2, 0.25) is 0 Å². The highest BCUT2D eigenvalue weighted by Gasteiger charge is 2.17. The van der Waals surface area contributed by atoms with Crippen LogP contribution < -0.4 is 20.9 Å². The number of pyridine rings is 2. The molecule has 37 heavy (non-hydrogen) atoms. The Balaban J connectivity index is 1.50. The molecule has 4 aromatic rings. The molecule has 1 aromatic carbocycles. The first-order valence-corrected chi connectivity index (χ1v) is 11.7. The van der Waals surface area contributed by atoms with Crippen LogP contribution in [0.25, 0.3) is 11.3 Å². The van der Waals surface area contributed by atoms with Crippen LogP contribution in [0.15, 0.2) is 73.3 Å². The molecule has 11 heteroatoms. The topological polar surface area (TPSA) is 145 Å². The van der Waals surface area contributed by atoms with E-state index in [4.69, 9.17) is 4.98 Å². The molecule has 5 rings (SSSR count). The van der Waals surface area contributed by atoms with E-state index in [1.807, 2.05) is 12.1 Å². The van der Waals surface area contributed by atoms with Crippen molar-refractivity contribution in [1.82, 2.24) is 25.3 Å². The lowest BCUT2D eigenvalue weighted by atomic mass is 10.1. The third-order valence-corrected chi connectivity index (χ3v) is 5.79. The van der Waals surface area contributed by atoms with Crippen LogP contribution in [-0.4, -0.2) is 63.1 Å². The number of carboxylic acids is 1. The highest BCUT2D eigenvalue weighted by molar-refractivity contribution is 6.07. The molecule has 0 saturated carbocycles. The van der Waals surface area contributed by atoms with E-state index in [9.17, 15) is 14.7 Å². The number of hydrogen-bond donors (Lipinski definition) is 4. The molecule has 4 N–H and O–H groups in total. The first-order chi connectivity index (χ1) is 18.1. The average molecular weight is 497 g/mol. The number of nitrogens with zero attached hydrogens (tertiary/aromatic N) is 5. The van der Waals surface area contributed by atoms with Gasteiger partial charge in [-0.05, 0) is 42.5 Å². The van der Waals surface area contributed by atoms with E-state index < -0.39 is 11.9 Å². The van der Waals surface area contributed by atoms with E-state index in [1.165, 1.54) is 18.2 Å². The molecule has 3 aromatic heterocycles. The van der Waals surface area contributed by atoms with Crippen molar-refractivity contribution < 1.29 is 14.7 Å². The fraction of sp³-hybridized carbons (Fsp3) is 0.154. The molecular formula is C26H24N8O3. The van der Waals surface area contributed by atoms with Gasteiger partial charge in [0.1, 0.15) is 17.5 Å². The second-order valence-electron chi connectivity index (χ2n) is 8.29. The minimum absolute atomic E-state index is 0.0318. The molecule has 1 aliphatic heterocycles. The van der Waals surface area contributed by atoms with Crippen LogP contribution >= 0.6 is 0 Å². The average Bonchev–Trinajstić information content (AvgIpc) is 2.95. The van der Waals surface area contributed by atoms with Gasteiger partial charge in [-0.3, -0.25) is 9.78 Å². The SMILES string of the molecule is O=C(O)c1cccc(C(=O)Nc2ccc(Nc3cnccn3)nc2-c2ccnc(N3CCNCC3)c2)c1. The van der Waals surface area contributed by atoms with Crippen LogP contribution in [-0.2, 0) is 0 Å². The standard InChI is InChI=1S/C26H24N8O3/c35-25(18-2-1-3-19(14-18)26(36)37)31-20-4-5-21(32-22-16-28-8-9-29-22)33-24(20)17-6-7-30-23(15-17)34-12-10-27-11-13-34/h1-9,14-16,27H,10-13H2,(H,31,35)(H,36,37)(H,29,32,33). The maximum Gasteiger partial charge on any atom is 0.335 e. The van der Waals surface area contributed by atoms with Gasteiger partial charge in [0.25, 0.3) is 5.91 Å². The van der Waals surface area contributed by atoms with Crippen molar-refractivity contribution in [2.24, 2.45) is 0 Å². The number of aromatic carboxylic acids is 1. The number of carboxylic acid groups (broad SMARTS) is 1. The Morgan fingerprint density at radius 3 is 2.54 bits per heavy atom. The van der Waals surface area contributed by atoms with Gasteiger partial charge in [0, 0.05) is 55.9 Å². The van der Waals surface area contributed by atoms with Crippen molar-refractivity contribution in [2.45, 2.75) is 0 Å². The van der Waals surface area contributed by atoms with Crippen molar-refractivity contribution >= 4 is 35.0 Å². The predicted molar refractivity (Wildman–Crippen MR) is 139 cm³/mol. The molecule has 11 nitrogen and oxygen atoms in total. The van der Waals surface area contributed by atoms with Crippen LogP contribution in [0.4, 0.5) is 23.1 Å². The zero-order chi connectivity index (χ0) is 25.6. The maximum absolute atomic E-state index is 13.1. The first kappa shape index (κ1) is 23.8. The number of nitrogens with one attached hydrogen (secondary N) is 3. The van der Waals surface area contributed by atoms with Gasteiger partial charge in [0.15, 0.2) is 0 Å². The molecule has 0 unspecified atom stereocenters. The molecule has 0 aliphatic carbocycles. The summed E-state index contributed by atoms with van der Waals surface area (Å²) >= 11 is 0. The Morgan fingerprint density at radius 1 is 0.919 bits per heavy atom. The third kappa shape index (κ3) is 5.68. The van der Waals surface area contributed by atoms with E-state index in [-0.39, 0.29) is 11.1 Å². The normalized spacial score (nSPS) is 13.1. The smallest absolute Gasteiger partial charge is 0.335 e. The molecule has 1 aliphatic rings. The van der Waals surface area contributed by atoms with E-state index in [0.717, 1.165) is 37.6 Å². The van der Waals surface area contributed by atoms with Crippen molar-refractivity contribution in [3.63, 3.8) is 0 Å². The highest BCUT2D eigenvalue weighted by Crippen LogP contribution is 2.31. The van der Waals surface area contributed by atoms with Gasteiger partial charge in [-0.1, -0.05) is 6.07 Å². The zero-order valence-corrected chi connectivity index (χ0v) is 19.8. The number of aromatic nitrogens is 4. The first-order valence-electron chi connectivity index (χ1n) is 11.7. The second-order valence-corrected chi connectivity index (χ2v) is 8.29. The summed E-state index contributed by atoms with van der Waals surface area (Å²) in [5.74, 6) is 0.312. The fourth-order valence-corrected chi connectivity index (χ4v) is 3.97. The van der Waals surface area contributed by atoms with E-state index >= 15 is 0 Å². The number of benzene rings is 1. The van der Waals surface area contributed by atoms with Crippen LogP contribution in [0, 0.1) is 0 Å². The zero-order valence-electron chi connectivity index (χ0n) is 19.8. The Morgan fingerprint density at radius 2 is 1.76 bits per heavy atom. The number of piperazine rings is 1. The summed E-state index contributed by atoms with van der Waals surface area (Å²) < 4.78 is 0. The van der Waals surface area contributed by atoms with Gasteiger partial charge < -0.3 is 26.0 Å². The summed E-state index contributed by atoms with van der Waals surface area (Å²) in [5.41, 5.74) is 2.01. The Bertz CT molecular complexity index is 1420. The number of anilines is 4. The summed E-state index contributed by atoms with van der Waals surface area (Å²) in [6.07, 6.45) is 6.46. The lowest BCUT2D eigenvalue weighted by Gasteiger charge is -2.28. The summed E-state index contributed by atoms with van der Waals surface area (Å²) in [6, 6.07) is 13.1. The number of carbonyl (C=O) groups is 2. The lowest BCUT2D eigenvalue weighted by molar-refractivity contribution is 0.0697. The quantitative estimate of drug-likeness (QED) is 0.301. The molecule has 1 saturated heterocycles. The summed E-state index contributed by atoms with van der Waals surface area (Å²) in [4.78, 5) is 44.2. The molecule has 4 heterocycles. The van der Waals surface area contributed by atoms with Gasteiger partial charge >= 0.3 is 5.97 Å². The van der Waals surface area contributed by atoms with Gasteiger partial charge in [-0.2, -0.15) is 0 Å². The van der Waals surface area contributed by atoms with Crippen molar-refractivity contribution in [2.75, 3.05) is 41.7 Å².